The normalized spacial score (nSPS) is 12.9. The first-order valence-electron chi connectivity index (χ1n) is 9.14. The number of carbonyl (C=O) groups excluding carboxylic acids is 2. The summed E-state index contributed by atoms with van der Waals surface area (Å²) in [5, 5.41) is 24.3. The summed E-state index contributed by atoms with van der Waals surface area (Å²) in [4.78, 5) is 33.5. The summed E-state index contributed by atoms with van der Waals surface area (Å²) < 4.78 is 0. The van der Waals surface area contributed by atoms with Gasteiger partial charge in [-0.25, -0.2) is 4.98 Å². The van der Waals surface area contributed by atoms with Crippen LogP contribution in [-0.4, -0.2) is 44.9 Å². The van der Waals surface area contributed by atoms with Crippen molar-refractivity contribution in [1.29, 1.82) is 0 Å². The molecule has 8 nitrogen and oxygen atoms in total. The maximum atomic E-state index is 12.8. The zero-order valence-corrected chi connectivity index (χ0v) is 15.9. The van der Waals surface area contributed by atoms with Gasteiger partial charge in [0, 0.05) is 12.4 Å². The van der Waals surface area contributed by atoms with Crippen molar-refractivity contribution in [2.75, 3.05) is 5.32 Å². The lowest BCUT2D eigenvalue weighted by molar-refractivity contribution is -0.132. The molecule has 0 spiro atoms. The summed E-state index contributed by atoms with van der Waals surface area (Å²) in [5.41, 5.74) is 0.807. The standard InChI is InChI=1S/C19H25BN4O4/c1-13(2)10-16(20(27)28)23-18(25)15(11-14-6-4-3-5-7-14)19(26)24-17-12-21-8-9-22-17/h3-9,12-13,15-16,27-28H,10-11H2,1-2H3,(H,23,25)(H,22,24,26)/t15-,16-/m0/s1. The van der Waals surface area contributed by atoms with E-state index >= 15 is 0 Å². The minimum Gasteiger partial charge on any atom is -0.426 e. The van der Waals surface area contributed by atoms with Gasteiger partial charge in [0.15, 0.2) is 5.82 Å². The molecule has 1 heterocycles. The van der Waals surface area contributed by atoms with Gasteiger partial charge in [-0.3, -0.25) is 14.6 Å². The van der Waals surface area contributed by atoms with E-state index in [2.05, 4.69) is 20.6 Å². The van der Waals surface area contributed by atoms with Crippen molar-refractivity contribution < 1.29 is 19.6 Å². The molecule has 0 unspecified atom stereocenters. The number of rotatable bonds is 9. The Morgan fingerprint density at radius 1 is 1.11 bits per heavy atom. The van der Waals surface area contributed by atoms with Gasteiger partial charge < -0.3 is 20.7 Å². The van der Waals surface area contributed by atoms with Crippen LogP contribution in [0.1, 0.15) is 25.8 Å². The van der Waals surface area contributed by atoms with Crippen molar-refractivity contribution in [3.05, 3.63) is 54.5 Å². The minimum atomic E-state index is -1.72. The maximum absolute atomic E-state index is 12.8. The van der Waals surface area contributed by atoms with Crippen LogP contribution in [0.4, 0.5) is 5.82 Å². The molecule has 0 aliphatic carbocycles. The number of benzene rings is 1. The Morgan fingerprint density at radius 2 is 1.82 bits per heavy atom. The zero-order valence-electron chi connectivity index (χ0n) is 15.9. The molecule has 0 aliphatic heterocycles. The van der Waals surface area contributed by atoms with Crippen LogP contribution in [0, 0.1) is 11.8 Å². The third-order valence-electron chi connectivity index (χ3n) is 4.14. The number of carbonyl (C=O) groups is 2. The largest absolute Gasteiger partial charge is 0.475 e. The Bertz CT molecular complexity index is 759. The van der Waals surface area contributed by atoms with Gasteiger partial charge in [0.05, 0.1) is 12.1 Å². The van der Waals surface area contributed by atoms with Crippen LogP contribution in [-0.2, 0) is 16.0 Å². The lowest BCUT2D eigenvalue weighted by atomic mass is 9.74. The molecule has 1 aromatic carbocycles. The molecule has 0 aliphatic rings. The Balaban J connectivity index is 2.18. The number of anilines is 1. The number of amides is 2. The highest BCUT2D eigenvalue weighted by Gasteiger charge is 2.32. The summed E-state index contributed by atoms with van der Waals surface area (Å²) in [6, 6.07) is 9.14. The molecule has 9 heteroatoms. The first-order chi connectivity index (χ1) is 13.4. The number of hydrogen-bond acceptors (Lipinski definition) is 6. The molecule has 2 amide bonds. The lowest BCUT2D eigenvalue weighted by Gasteiger charge is -2.23. The predicted molar refractivity (Wildman–Crippen MR) is 106 cm³/mol. The second-order valence-corrected chi connectivity index (χ2v) is 6.98. The van der Waals surface area contributed by atoms with Crippen molar-refractivity contribution in [2.24, 2.45) is 11.8 Å². The zero-order chi connectivity index (χ0) is 20.5. The van der Waals surface area contributed by atoms with Gasteiger partial charge in [0.1, 0.15) is 5.92 Å². The van der Waals surface area contributed by atoms with Gasteiger partial charge in [-0.05, 0) is 24.3 Å². The van der Waals surface area contributed by atoms with E-state index < -0.39 is 30.8 Å². The average molecular weight is 384 g/mol. The molecule has 2 atom stereocenters. The Labute approximate surface area is 164 Å². The summed E-state index contributed by atoms with van der Waals surface area (Å²) in [7, 11) is -1.72. The Morgan fingerprint density at radius 3 is 2.39 bits per heavy atom. The van der Waals surface area contributed by atoms with Gasteiger partial charge in [0.25, 0.3) is 0 Å². The van der Waals surface area contributed by atoms with E-state index in [1.165, 1.54) is 18.6 Å². The molecule has 2 aromatic rings. The first-order valence-corrected chi connectivity index (χ1v) is 9.14. The summed E-state index contributed by atoms with van der Waals surface area (Å²) in [6.07, 6.45) is 4.82. The van der Waals surface area contributed by atoms with E-state index in [-0.39, 0.29) is 18.2 Å². The second kappa shape index (κ2) is 10.5. The second-order valence-electron chi connectivity index (χ2n) is 6.98. The molecular formula is C19H25BN4O4. The number of nitrogens with zero attached hydrogens (tertiary/aromatic N) is 2. The molecule has 0 radical (unpaired) electrons. The first kappa shape index (κ1) is 21.5. The highest BCUT2D eigenvalue weighted by atomic mass is 16.4. The number of aromatic nitrogens is 2. The monoisotopic (exact) mass is 384 g/mol. The third-order valence-corrected chi connectivity index (χ3v) is 4.14. The van der Waals surface area contributed by atoms with Crippen molar-refractivity contribution >= 4 is 24.8 Å². The molecule has 0 fully saturated rings. The Hall–Kier alpha value is -2.78. The van der Waals surface area contributed by atoms with Crippen LogP contribution in [0.5, 0.6) is 0 Å². The van der Waals surface area contributed by atoms with Crippen LogP contribution < -0.4 is 10.6 Å². The minimum absolute atomic E-state index is 0.132. The summed E-state index contributed by atoms with van der Waals surface area (Å²) in [6.45, 7) is 3.81. The summed E-state index contributed by atoms with van der Waals surface area (Å²) in [5.74, 6) is -2.69. The molecule has 1 aromatic heterocycles. The third kappa shape index (κ3) is 6.75. The van der Waals surface area contributed by atoms with E-state index in [9.17, 15) is 19.6 Å². The van der Waals surface area contributed by atoms with Crippen molar-refractivity contribution in [3.63, 3.8) is 0 Å². The fourth-order valence-electron chi connectivity index (χ4n) is 2.78. The quantitative estimate of drug-likeness (QED) is 0.375. The van der Waals surface area contributed by atoms with E-state index in [0.29, 0.717) is 6.42 Å². The number of nitrogens with one attached hydrogen (secondary N) is 2. The van der Waals surface area contributed by atoms with Crippen LogP contribution in [0.2, 0.25) is 0 Å². The van der Waals surface area contributed by atoms with Gasteiger partial charge in [-0.2, -0.15) is 0 Å². The van der Waals surface area contributed by atoms with Crippen LogP contribution in [0.3, 0.4) is 0 Å². The van der Waals surface area contributed by atoms with Gasteiger partial charge in [0.2, 0.25) is 11.8 Å². The molecule has 0 bridgehead atoms. The maximum Gasteiger partial charge on any atom is 0.475 e. The number of hydrogen-bond donors (Lipinski definition) is 4. The topological polar surface area (TPSA) is 124 Å². The molecular weight excluding hydrogens is 359 g/mol. The highest BCUT2D eigenvalue weighted by molar-refractivity contribution is 6.43. The lowest BCUT2D eigenvalue weighted by Crippen LogP contribution is -2.51. The van der Waals surface area contributed by atoms with Crippen molar-refractivity contribution in [3.8, 4) is 0 Å². The van der Waals surface area contributed by atoms with E-state index in [1.54, 1.807) is 0 Å². The van der Waals surface area contributed by atoms with Crippen molar-refractivity contribution in [2.45, 2.75) is 32.6 Å². The predicted octanol–water partition coefficient (Wildman–Crippen LogP) is 0.817. The van der Waals surface area contributed by atoms with Gasteiger partial charge in [-0.15, -0.1) is 0 Å². The smallest absolute Gasteiger partial charge is 0.426 e. The Kier molecular flexibility index (Phi) is 8.10. The van der Waals surface area contributed by atoms with E-state index in [4.69, 9.17) is 0 Å². The molecule has 0 saturated carbocycles. The SMILES string of the molecule is CC(C)C[C@H](NC(=O)[C@H](Cc1ccccc1)C(=O)Nc1cnccn1)B(O)O. The molecule has 2 rings (SSSR count). The van der Waals surface area contributed by atoms with E-state index in [1.807, 2.05) is 44.2 Å². The van der Waals surface area contributed by atoms with E-state index in [0.717, 1.165) is 5.56 Å². The molecule has 4 N–H and O–H groups in total. The fourth-order valence-corrected chi connectivity index (χ4v) is 2.78. The van der Waals surface area contributed by atoms with Gasteiger partial charge >= 0.3 is 7.12 Å². The van der Waals surface area contributed by atoms with Crippen LogP contribution in [0.25, 0.3) is 0 Å². The fraction of sp³-hybridized carbons (Fsp3) is 0.368. The molecule has 148 valence electrons. The average Bonchev–Trinajstić information content (AvgIpc) is 2.66. The van der Waals surface area contributed by atoms with Gasteiger partial charge in [-0.1, -0.05) is 44.2 Å². The molecule has 0 saturated heterocycles. The molecule has 28 heavy (non-hydrogen) atoms. The van der Waals surface area contributed by atoms with Crippen molar-refractivity contribution in [1.82, 2.24) is 15.3 Å². The van der Waals surface area contributed by atoms with Crippen LogP contribution in [0.15, 0.2) is 48.9 Å². The highest BCUT2D eigenvalue weighted by Crippen LogP contribution is 2.14. The summed E-state index contributed by atoms with van der Waals surface area (Å²) >= 11 is 0. The van der Waals surface area contributed by atoms with Crippen LogP contribution >= 0.6 is 0 Å².